The number of nitrogens with one attached hydrogen (secondary N) is 2. The Kier molecular flexibility index (Phi) is 5.79. The van der Waals surface area contributed by atoms with Gasteiger partial charge in [0.15, 0.2) is 5.50 Å². The first-order valence-electron chi connectivity index (χ1n) is 8.39. The van der Waals surface area contributed by atoms with Crippen molar-refractivity contribution >= 4 is 41.0 Å². The monoisotopic (exact) mass is 388 g/mol. The fraction of sp³-hybridized carbons (Fsp3) is 0.250. The number of hydrogen-bond acceptors (Lipinski definition) is 4. The van der Waals surface area contributed by atoms with Crippen molar-refractivity contribution in [3.63, 3.8) is 0 Å². The average Bonchev–Trinajstić information content (AvgIpc) is 2.91. The molecule has 0 radical (unpaired) electrons. The molecule has 2 N–H and O–H groups in total. The minimum atomic E-state index is -0.211. The van der Waals surface area contributed by atoms with Crippen LogP contribution in [0.1, 0.15) is 25.0 Å². The van der Waals surface area contributed by atoms with Crippen LogP contribution in [-0.4, -0.2) is 17.5 Å². The van der Waals surface area contributed by atoms with E-state index in [0.29, 0.717) is 9.93 Å². The summed E-state index contributed by atoms with van der Waals surface area (Å²) in [7, 11) is 0. The fourth-order valence-corrected chi connectivity index (χ4v) is 3.76. The molecule has 136 valence electrons. The number of aryl methyl sites for hydroxylation is 1. The molecule has 1 fully saturated rings. The molecule has 1 amide bonds. The predicted molar refractivity (Wildman–Crippen MR) is 110 cm³/mol. The maximum absolute atomic E-state index is 12.2. The van der Waals surface area contributed by atoms with Crippen molar-refractivity contribution in [3.8, 4) is 5.75 Å². The number of ether oxygens (including phenoxy) is 1. The highest BCUT2D eigenvalue weighted by Gasteiger charge is 2.27. The van der Waals surface area contributed by atoms with E-state index in [1.54, 1.807) is 0 Å². The molecule has 1 saturated heterocycles. The van der Waals surface area contributed by atoms with E-state index in [9.17, 15) is 4.79 Å². The number of carbonyl (C=O) groups is 1. The van der Waals surface area contributed by atoms with E-state index in [1.165, 1.54) is 11.8 Å². The van der Waals surface area contributed by atoms with Gasteiger partial charge >= 0.3 is 0 Å². The van der Waals surface area contributed by atoms with Crippen molar-refractivity contribution in [2.75, 3.05) is 5.32 Å². The smallest absolute Gasteiger partial charge is 0.260 e. The Bertz CT molecular complexity index is 834. The van der Waals surface area contributed by atoms with Crippen LogP contribution in [0.5, 0.6) is 5.75 Å². The highest BCUT2D eigenvalue weighted by atomic mass is 35.5. The summed E-state index contributed by atoms with van der Waals surface area (Å²) in [5.74, 6) is 0.741. The lowest BCUT2D eigenvalue weighted by molar-refractivity contribution is -0.116. The molecule has 0 saturated carbocycles. The largest absolute Gasteiger partial charge is 0.491 e. The number of thioether (sulfide) groups is 1. The molecular formula is C20H21ClN2O2S. The van der Waals surface area contributed by atoms with Crippen LogP contribution < -0.4 is 15.4 Å². The topological polar surface area (TPSA) is 50.4 Å². The highest BCUT2D eigenvalue weighted by Crippen LogP contribution is 2.31. The van der Waals surface area contributed by atoms with E-state index in [2.05, 4.69) is 10.6 Å². The van der Waals surface area contributed by atoms with E-state index in [-0.39, 0.29) is 17.5 Å². The van der Waals surface area contributed by atoms with E-state index in [0.717, 1.165) is 22.6 Å². The summed E-state index contributed by atoms with van der Waals surface area (Å²) in [6.45, 7) is 5.96. The zero-order valence-corrected chi connectivity index (χ0v) is 16.4. The third-order valence-electron chi connectivity index (χ3n) is 3.76. The molecule has 1 atom stereocenters. The van der Waals surface area contributed by atoms with Gasteiger partial charge in [0.05, 0.1) is 11.0 Å². The van der Waals surface area contributed by atoms with Gasteiger partial charge in [0.2, 0.25) is 0 Å². The van der Waals surface area contributed by atoms with E-state index >= 15 is 0 Å². The molecule has 0 aliphatic carbocycles. The van der Waals surface area contributed by atoms with Crippen LogP contribution in [0.2, 0.25) is 5.02 Å². The standard InChI is InChI=1S/C20H21ClN2O2S/c1-12(2)25-16-7-4-14(5-8-16)11-18-19(24)23-20(26-18)22-17-9-6-15(21)10-13(17)3/h4-12,20,22H,1-3H3,(H,23,24)/b18-11-. The van der Waals surface area contributed by atoms with Gasteiger partial charge in [-0.15, -0.1) is 0 Å². The number of amides is 1. The molecule has 4 nitrogen and oxygen atoms in total. The molecule has 6 heteroatoms. The van der Waals surface area contributed by atoms with Crippen molar-refractivity contribution < 1.29 is 9.53 Å². The molecule has 1 aliphatic rings. The molecule has 1 heterocycles. The van der Waals surface area contributed by atoms with E-state index in [4.69, 9.17) is 16.3 Å². The normalized spacial score (nSPS) is 18.3. The van der Waals surface area contributed by atoms with Crippen LogP contribution in [-0.2, 0) is 4.79 Å². The summed E-state index contributed by atoms with van der Waals surface area (Å²) >= 11 is 7.45. The minimum absolute atomic E-state index is 0.0818. The third kappa shape index (κ3) is 4.74. The highest BCUT2D eigenvalue weighted by molar-refractivity contribution is 8.05. The SMILES string of the molecule is Cc1cc(Cl)ccc1NC1NC(=O)/C(=C/c2ccc(OC(C)C)cc2)S1. The summed E-state index contributed by atoms with van der Waals surface area (Å²) in [5.41, 5.74) is 2.73. The van der Waals surface area contributed by atoms with E-state index in [1.807, 2.05) is 69.3 Å². The summed E-state index contributed by atoms with van der Waals surface area (Å²) in [6, 6.07) is 13.4. The van der Waals surface area contributed by atoms with Gasteiger partial charge in [0, 0.05) is 10.7 Å². The predicted octanol–water partition coefficient (Wildman–Crippen LogP) is 5.04. The second kappa shape index (κ2) is 8.06. The maximum Gasteiger partial charge on any atom is 0.260 e. The number of carbonyl (C=O) groups excluding carboxylic acids is 1. The second-order valence-corrected chi connectivity index (χ2v) is 7.90. The number of halogens is 1. The zero-order chi connectivity index (χ0) is 18.7. The Morgan fingerprint density at radius 1 is 1.23 bits per heavy atom. The second-order valence-electron chi connectivity index (χ2n) is 6.32. The van der Waals surface area contributed by atoms with Gasteiger partial charge in [0.1, 0.15) is 5.75 Å². The van der Waals surface area contributed by atoms with Crippen LogP contribution in [0.3, 0.4) is 0 Å². The molecule has 2 aromatic carbocycles. The first kappa shape index (κ1) is 18.7. The average molecular weight is 389 g/mol. The van der Waals surface area contributed by atoms with Crippen molar-refractivity contribution in [3.05, 3.63) is 63.5 Å². The lowest BCUT2D eigenvalue weighted by atomic mass is 10.2. The molecule has 0 bridgehead atoms. The Morgan fingerprint density at radius 2 is 1.96 bits per heavy atom. The lowest BCUT2D eigenvalue weighted by Gasteiger charge is -2.15. The number of rotatable bonds is 5. The van der Waals surface area contributed by atoms with Crippen LogP contribution >= 0.6 is 23.4 Å². The molecule has 3 rings (SSSR count). The van der Waals surface area contributed by atoms with Crippen LogP contribution in [0.15, 0.2) is 47.4 Å². The summed E-state index contributed by atoms with van der Waals surface area (Å²) in [6.07, 6.45) is 2.02. The van der Waals surface area contributed by atoms with Crippen molar-refractivity contribution in [2.24, 2.45) is 0 Å². The van der Waals surface area contributed by atoms with Gasteiger partial charge in [-0.2, -0.15) is 0 Å². The molecule has 0 spiro atoms. The Balaban J connectivity index is 1.68. The fourth-order valence-electron chi connectivity index (χ4n) is 2.56. The third-order valence-corrected chi connectivity index (χ3v) is 5.02. The van der Waals surface area contributed by atoms with Gasteiger partial charge in [-0.3, -0.25) is 4.79 Å². The number of anilines is 1. The summed E-state index contributed by atoms with van der Waals surface area (Å²) < 4.78 is 5.64. The summed E-state index contributed by atoms with van der Waals surface area (Å²) in [4.78, 5) is 12.9. The van der Waals surface area contributed by atoms with Crippen LogP contribution in [0.4, 0.5) is 5.69 Å². The lowest BCUT2D eigenvalue weighted by Crippen LogP contribution is -2.31. The number of hydrogen-bond donors (Lipinski definition) is 2. The van der Waals surface area contributed by atoms with Crippen molar-refractivity contribution in [1.29, 1.82) is 0 Å². The van der Waals surface area contributed by atoms with Crippen LogP contribution in [0.25, 0.3) is 6.08 Å². The Hall–Kier alpha value is -2.11. The maximum atomic E-state index is 12.2. The van der Waals surface area contributed by atoms with Gasteiger partial charge in [-0.05, 0) is 68.3 Å². The molecule has 2 aromatic rings. The molecule has 26 heavy (non-hydrogen) atoms. The van der Waals surface area contributed by atoms with Gasteiger partial charge in [-0.1, -0.05) is 35.5 Å². The van der Waals surface area contributed by atoms with Crippen LogP contribution in [0, 0.1) is 6.92 Å². The van der Waals surface area contributed by atoms with Gasteiger partial charge in [-0.25, -0.2) is 0 Å². The Labute approximate surface area is 163 Å². The molecule has 1 aliphatic heterocycles. The Morgan fingerprint density at radius 3 is 2.62 bits per heavy atom. The van der Waals surface area contributed by atoms with Gasteiger partial charge in [0.25, 0.3) is 5.91 Å². The zero-order valence-electron chi connectivity index (χ0n) is 14.9. The molecular weight excluding hydrogens is 368 g/mol. The molecule has 1 unspecified atom stereocenters. The van der Waals surface area contributed by atoms with Crippen molar-refractivity contribution in [1.82, 2.24) is 5.32 Å². The first-order chi connectivity index (χ1) is 12.4. The molecule has 0 aromatic heterocycles. The van der Waals surface area contributed by atoms with E-state index < -0.39 is 0 Å². The minimum Gasteiger partial charge on any atom is -0.491 e. The number of benzene rings is 2. The first-order valence-corrected chi connectivity index (χ1v) is 9.65. The quantitative estimate of drug-likeness (QED) is 0.705. The van der Waals surface area contributed by atoms with Gasteiger partial charge < -0.3 is 15.4 Å². The summed E-state index contributed by atoms with van der Waals surface area (Å²) in [5, 5.41) is 6.96. The van der Waals surface area contributed by atoms with Crippen molar-refractivity contribution in [2.45, 2.75) is 32.4 Å².